The van der Waals surface area contributed by atoms with Gasteiger partial charge in [0.05, 0.1) is 4.70 Å². The minimum absolute atomic E-state index is 0.869. The number of aromatic nitrogens is 2. The van der Waals surface area contributed by atoms with Gasteiger partial charge in [-0.05, 0) is 47.9 Å². The van der Waals surface area contributed by atoms with Gasteiger partial charge in [-0.2, -0.15) is 0 Å². The molecule has 3 aromatic carbocycles. The molecule has 4 aromatic rings. The Morgan fingerprint density at radius 3 is 1.77 bits per heavy atom. The molecular weight excluding hydrogens is 292 g/mol. The lowest BCUT2D eigenvalue weighted by Crippen LogP contribution is -1.81. The Balaban J connectivity index is 0.000000139. The molecule has 22 heavy (non-hydrogen) atoms. The molecule has 1 heterocycles. The van der Waals surface area contributed by atoms with Crippen molar-refractivity contribution < 1.29 is 4.74 Å². The highest BCUT2D eigenvalue weighted by atomic mass is 32.1. The van der Waals surface area contributed by atoms with E-state index in [1.807, 2.05) is 84.9 Å². The van der Waals surface area contributed by atoms with E-state index >= 15 is 0 Å². The number of hydrogen-bond donors (Lipinski definition) is 0. The molecule has 108 valence electrons. The quantitative estimate of drug-likeness (QED) is 0.512. The smallest absolute Gasteiger partial charge is 0.127 e. The summed E-state index contributed by atoms with van der Waals surface area (Å²) < 4.78 is 10.5. The minimum atomic E-state index is 0.869. The van der Waals surface area contributed by atoms with Crippen LogP contribution in [-0.4, -0.2) is 9.59 Å². The Kier molecular flexibility index (Phi) is 4.74. The van der Waals surface area contributed by atoms with Crippen LogP contribution in [0.25, 0.3) is 10.2 Å². The van der Waals surface area contributed by atoms with E-state index in [-0.39, 0.29) is 0 Å². The molecule has 4 heteroatoms. The fourth-order valence-electron chi connectivity index (χ4n) is 1.84. The van der Waals surface area contributed by atoms with Crippen molar-refractivity contribution in [1.82, 2.24) is 9.59 Å². The lowest BCUT2D eigenvalue weighted by atomic mass is 10.3. The van der Waals surface area contributed by atoms with Gasteiger partial charge in [0.25, 0.3) is 0 Å². The molecule has 0 bridgehead atoms. The topological polar surface area (TPSA) is 35.0 Å². The van der Waals surface area contributed by atoms with Crippen molar-refractivity contribution in [3.63, 3.8) is 0 Å². The van der Waals surface area contributed by atoms with Gasteiger partial charge in [-0.3, -0.25) is 0 Å². The molecule has 0 spiro atoms. The average Bonchev–Trinajstić information content (AvgIpc) is 3.06. The van der Waals surface area contributed by atoms with Gasteiger partial charge in [-0.25, -0.2) is 0 Å². The van der Waals surface area contributed by atoms with Crippen molar-refractivity contribution in [3.05, 3.63) is 84.9 Å². The zero-order chi connectivity index (χ0) is 15.0. The van der Waals surface area contributed by atoms with Crippen LogP contribution in [0.5, 0.6) is 11.5 Å². The first-order chi connectivity index (χ1) is 10.9. The first-order valence-electron chi connectivity index (χ1n) is 6.87. The highest BCUT2D eigenvalue weighted by molar-refractivity contribution is 7.12. The van der Waals surface area contributed by atoms with Crippen molar-refractivity contribution >= 4 is 21.7 Å². The lowest BCUT2D eigenvalue weighted by Gasteiger charge is -2.03. The molecule has 0 fully saturated rings. The maximum atomic E-state index is 5.58. The van der Waals surface area contributed by atoms with Crippen molar-refractivity contribution in [2.24, 2.45) is 0 Å². The van der Waals surface area contributed by atoms with Gasteiger partial charge in [0.2, 0.25) is 0 Å². The van der Waals surface area contributed by atoms with E-state index in [4.69, 9.17) is 4.74 Å². The lowest BCUT2D eigenvalue weighted by molar-refractivity contribution is 0.482. The first kappa shape index (κ1) is 14.2. The molecule has 0 saturated carbocycles. The third-order valence-corrected chi connectivity index (χ3v) is 3.58. The van der Waals surface area contributed by atoms with Crippen molar-refractivity contribution in [1.29, 1.82) is 0 Å². The molecule has 0 radical (unpaired) electrons. The third kappa shape index (κ3) is 3.90. The van der Waals surface area contributed by atoms with Gasteiger partial charge < -0.3 is 4.74 Å². The van der Waals surface area contributed by atoms with Gasteiger partial charge in [-0.1, -0.05) is 53.0 Å². The summed E-state index contributed by atoms with van der Waals surface area (Å²) in [6.45, 7) is 0. The summed E-state index contributed by atoms with van der Waals surface area (Å²) in [4.78, 5) is 0. The van der Waals surface area contributed by atoms with Gasteiger partial charge in [0.15, 0.2) is 0 Å². The van der Waals surface area contributed by atoms with Crippen LogP contribution in [-0.2, 0) is 0 Å². The molecule has 0 aliphatic heterocycles. The number of rotatable bonds is 2. The molecule has 4 rings (SSSR count). The number of fused-ring (bicyclic) bond motifs is 1. The van der Waals surface area contributed by atoms with Gasteiger partial charge >= 0.3 is 0 Å². The Labute approximate surface area is 133 Å². The number of ether oxygens (including phenoxy) is 1. The van der Waals surface area contributed by atoms with E-state index in [9.17, 15) is 0 Å². The number of hydrogen-bond acceptors (Lipinski definition) is 4. The summed E-state index contributed by atoms with van der Waals surface area (Å²) in [5.74, 6) is 1.74. The maximum absolute atomic E-state index is 5.58. The summed E-state index contributed by atoms with van der Waals surface area (Å²) >= 11 is 1.43. The number of benzene rings is 3. The second kappa shape index (κ2) is 7.33. The van der Waals surface area contributed by atoms with Crippen LogP contribution in [0.4, 0.5) is 0 Å². The standard InChI is InChI=1S/C12H10O.C6H4N2S/c1-3-7-11(8-4-1)13-12-9-5-2-6-10-12;1-2-4-6-5(3-1)7-8-9-6/h1-10H;1-4H. The molecule has 0 atom stereocenters. The second-order valence-corrected chi connectivity index (χ2v) is 5.25. The molecule has 0 unspecified atom stereocenters. The molecule has 1 aromatic heterocycles. The molecule has 0 saturated heterocycles. The summed E-state index contributed by atoms with van der Waals surface area (Å²) in [7, 11) is 0. The van der Waals surface area contributed by atoms with Crippen LogP contribution < -0.4 is 4.74 Å². The van der Waals surface area contributed by atoms with E-state index in [1.54, 1.807) is 0 Å². The van der Waals surface area contributed by atoms with E-state index in [1.165, 1.54) is 11.5 Å². The molecule has 0 aliphatic carbocycles. The van der Waals surface area contributed by atoms with Crippen LogP contribution in [0.15, 0.2) is 84.9 Å². The van der Waals surface area contributed by atoms with Gasteiger partial charge in [0, 0.05) is 0 Å². The monoisotopic (exact) mass is 306 g/mol. The predicted molar refractivity (Wildman–Crippen MR) is 90.4 cm³/mol. The normalized spacial score (nSPS) is 9.82. The molecule has 3 nitrogen and oxygen atoms in total. The van der Waals surface area contributed by atoms with E-state index in [2.05, 4.69) is 9.59 Å². The zero-order valence-corrected chi connectivity index (χ0v) is 12.6. The SMILES string of the molecule is c1ccc(Oc2ccccc2)cc1.c1ccc2snnc2c1. The Morgan fingerprint density at radius 2 is 1.18 bits per heavy atom. The Morgan fingerprint density at radius 1 is 0.636 bits per heavy atom. The zero-order valence-electron chi connectivity index (χ0n) is 11.8. The van der Waals surface area contributed by atoms with Crippen molar-refractivity contribution in [2.45, 2.75) is 0 Å². The summed E-state index contributed by atoms with van der Waals surface area (Å²) in [5.41, 5.74) is 0.988. The highest BCUT2D eigenvalue weighted by Crippen LogP contribution is 2.19. The van der Waals surface area contributed by atoms with Crippen LogP contribution >= 0.6 is 11.5 Å². The van der Waals surface area contributed by atoms with Crippen LogP contribution in [0, 0.1) is 0 Å². The van der Waals surface area contributed by atoms with Crippen molar-refractivity contribution in [2.75, 3.05) is 0 Å². The summed E-state index contributed by atoms with van der Waals surface area (Å²) in [6, 6.07) is 27.4. The molecule has 0 N–H and O–H groups in total. The third-order valence-electron chi connectivity index (χ3n) is 2.88. The Bertz CT molecular complexity index is 748. The van der Waals surface area contributed by atoms with E-state index < -0.39 is 0 Å². The van der Waals surface area contributed by atoms with Crippen molar-refractivity contribution in [3.8, 4) is 11.5 Å². The highest BCUT2D eigenvalue weighted by Gasteiger charge is 1.93. The summed E-state index contributed by atoms with van der Waals surface area (Å²) in [6.07, 6.45) is 0. The predicted octanol–water partition coefficient (Wildman–Crippen LogP) is 5.17. The van der Waals surface area contributed by atoms with Crippen LogP contribution in [0.1, 0.15) is 0 Å². The van der Waals surface area contributed by atoms with E-state index in [0.29, 0.717) is 0 Å². The fraction of sp³-hybridized carbons (Fsp3) is 0. The minimum Gasteiger partial charge on any atom is -0.457 e. The van der Waals surface area contributed by atoms with Gasteiger partial charge in [0.1, 0.15) is 17.0 Å². The fourth-order valence-corrected chi connectivity index (χ4v) is 2.40. The molecule has 0 amide bonds. The Hall–Kier alpha value is -2.72. The number of nitrogens with zero attached hydrogens (tertiary/aromatic N) is 2. The maximum Gasteiger partial charge on any atom is 0.127 e. The second-order valence-electron chi connectivity index (χ2n) is 4.47. The first-order valence-corrected chi connectivity index (χ1v) is 7.64. The van der Waals surface area contributed by atoms with Crippen LogP contribution in [0.2, 0.25) is 0 Å². The van der Waals surface area contributed by atoms with Gasteiger partial charge in [-0.15, -0.1) is 5.10 Å². The largest absolute Gasteiger partial charge is 0.457 e. The average molecular weight is 306 g/mol. The summed E-state index contributed by atoms with van der Waals surface area (Å²) in [5, 5.41) is 3.89. The van der Waals surface area contributed by atoms with E-state index in [0.717, 1.165) is 21.7 Å². The van der Waals surface area contributed by atoms with Crippen LogP contribution in [0.3, 0.4) is 0 Å². The molecule has 0 aliphatic rings. The molecular formula is C18H14N2OS. The number of para-hydroxylation sites is 2.